The minimum absolute atomic E-state index is 0.246. The molecule has 0 radical (unpaired) electrons. The Balaban J connectivity index is 1.81. The highest BCUT2D eigenvalue weighted by Gasteiger charge is 2.26. The zero-order valence-electron chi connectivity index (χ0n) is 14.8. The number of nitrogens with one attached hydrogen (secondary N) is 1. The first-order valence-electron chi connectivity index (χ1n) is 8.31. The summed E-state index contributed by atoms with van der Waals surface area (Å²) in [5, 5.41) is 3.37. The normalized spacial score (nSPS) is 16.3. The van der Waals surface area contributed by atoms with Crippen molar-refractivity contribution < 1.29 is 18.3 Å². The van der Waals surface area contributed by atoms with Crippen molar-refractivity contribution in [2.45, 2.75) is 58.7 Å². The van der Waals surface area contributed by atoms with Gasteiger partial charge in [0.15, 0.2) is 11.6 Å². The van der Waals surface area contributed by atoms with Gasteiger partial charge in [-0.05, 0) is 63.8 Å². The van der Waals surface area contributed by atoms with Crippen LogP contribution in [0, 0.1) is 18.6 Å². The molecule has 1 aliphatic heterocycles. The molecule has 1 aliphatic rings. The topological polar surface area (TPSA) is 41.6 Å². The van der Waals surface area contributed by atoms with Gasteiger partial charge in [-0.2, -0.15) is 0 Å². The summed E-state index contributed by atoms with van der Waals surface area (Å²) in [6.07, 6.45) is 1.33. The van der Waals surface area contributed by atoms with Crippen LogP contribution in [0.1, 0.15) is 44.7 Å². The number of carbonyl (C=O) groups is 1. The van der Waals surface area contributed by atoms with Gasteiger partial charge < -0.3 is 15.0 Å². The lowest BCUT2D eigenvalue weighted by molar-refractivity contribution is 0.0198. The van der Waals surface area contributed by atoms with E-state index in [0.29, 0.717) is 19.6 Å². The van der Waals surface area contributed by atoms with E-state index >= 15 is 0 Å². The van der Waals surface area contributed by atoms with Crippen LogP contribution >= 0.6 is 0 Å². The standard InChI is InChI=1S/C18H26F2N2O2/c1-12-9-15(19)16(20)10-13(12)11-21-14-5-7-22(8-6-14)17(23)24-18(2,3)4/h9-10,14,21H,5-8,11H2,1-4H3. The summed E-state index contributed by atoms with van der Waals surface area (Å²) >= 11 is 0. The van der Waals surface area contributed by atoms with Crippen molar-refractivity contribution in [2.24, 2.45) is 0 Å². The van der Waals surface area contributed by atoms with Crippen molar-refractivity contribution in [1.29, 1.82) is 0 Å². The summed E-state index contributed by atoms with van der Waals surface area (Å²) in [6.45, 7) is 9.06. The van der Waals surface area contributed by atoms with Gasteiger partial charge in [0, 0.05) is 25.7 Å². The number of hydrogen-bond acceptors (Lipinski definition) is 3. The molecule has 1 N–H and O–H groups in total. The summed E-state index contributed by atoms with van der Waals surface area (Å²) in [7, 11) is 0. The summed E-state index contributed by atoms with van der Waals surface area (Å²) in [5.41, 5.74) is 0.993. The van der Waals surface area contributed by atoms with Crippen LogP contribution in [-0.4, -0.2) is 35.7 Å². The molecule has 0 aliphatic carbocycles. The van der Waals surface area contributed by atoms with Crippen LogP contribution in [0.5, 0.6) is 0 Å². The predicted molar refractivity (Wildman–Crippen MR) is 88.8 cm³/mol. The van der Waals surface area contributed by atoms with E-state index in [4.69, 9.17) is 4.74 Å². The lowest BCUT2D eigenvalue weighted by Gasteiger charge is -2.34. The smallest absolute Gasteiger partial charge is 0.410 e. The molecule has 0 aromatic heterocycles. The highest BCUT2D eigenvalue weighted by atomic mass is 19.2. The van der Waals surface area contributed by atoms with Gasteiger partial charge in [0.25, 0.3) is 0 Å². The Morgan fingerprint density at radius 3 is 2.42 bits per heavy atom. The number of carbonyl (C=O) groups excluding carboxylic acids is 1. The first-order valence-corrected chi connectivity index (χ1v) is 8.31. The summed E-state index contributed by atoms with van der Waals surface area (Å²) in [6, 6.07) is 2.71. The van der Waals surface area contributed by atoms with Gasteiger partial charge in [0.1, 0.15) is 5.60 Å². The van der Waals surface area contributed by atoms with Gasteiger partial charge in [-0.1, -0.05) is 0 Å². The monoisotopic (exact) mass is 340 g/mol. The lowest BCUT2D eigenvalue weighted by atomic mass is 10.0. The lowest BCUT2D eigenvalue weighted by Crippen LogP contribution is -2.46. The molecule has 1 aromatic carbocycles. The van der Waals surface area contributed by atoms with Crippen LogP contribution in [0.25, 0.3) is 0 Å². The SMILES string of the molecule is Cc1cc(F)c(F)cc1CNC1CCN(C(=O)OC(C)(C)C)CC1. The van der Waals surface area contributed by atoms with E-state index < -0.39 is 17.2 Å². The van der Waals surface area contributed by atoms with E-state index in [1.807, 2.05) is 20.8 Å². The van der Waals surface area contributed by atoms with Crippen LogP contribution in [0.4, 0.5) is 13.6 Å². The van der Waals surface area contributed by atoms with Gasteiger partial charge in [0.2, 0.25) is 0 Å². The number of halogens is 2. The number of rotatable bonds is 3. The van der Waals surface area contributed by atoms with Crippen LogP contribution in [0.3, 0.4) is 0 Å². The average Bonchev–Trinajstić information content (AvgIpc) is 2.48. The molecule has 1 aromatic rings. The minimum atomic E-state index is -0.822. The largest absolute Gasteiger partial charge is 0.444 e. The minimum Gasteiger partial charge on any atom is -0.444 e. The fourth-order valence-corrected chi connectivity index (χ4v) is 2.72. The average molecular weight is 340 g/mol. The molecular weight excluding hydrogens is 314 g/mol. The zero-order valence-corrected chi connectivity index (χ0v) is 14.8. The Morgan fingerprint density at radius 1 is 1.25 bits per heavy atom. The molecule has 0 unspecified atom stereocenters. The number of hydrogen-bond donors (Lipinski definition) is 1. The Hall–Kier alpha value is -1.69. The Labute approximate surface area is 142 Å². The van der Waals surface area contributed by atoms with Crippen LogP contribution in [-0.2, 0) is 11.3 Å². The Bertz CT molecular complexity index is 591. The summed E-state index contributed by atoms with van der Waals surface area (Å²) < 4.78 is 31.9. The molecule has 134 valence electrons. The maximum Gasteiger partial charge on any atom is 0.410 e. The molecule has 1 fully saturated rings. The number of ether oxygens (including phenoxy) is 1. The number of amides is 1. The zero-order chi connectivity index (χ0) is 17.9. The van der Waals surface area contributed by atoms with Crippen LogP contribution in [0.15, 0.2) is 12.1 Å². The van der Waals surface area contributed by atoms with E-state index in [1.165, 1.54) is 12.1 Å². The molecule has 2 rings (SSSR count). The Kier molecular flexibility index (Phi) is 5.80. The number of aryl methyl sites for hydroxylation is 1. The van der Waals surface area contributed by atoms with Crippen molar-refractivity contribution in [3.63, 3.8) is 0 Å². The van der Waals surface area contributed by atoms with Crippen LogP contribution < -0.4 is 5.32 Å². The second-order valence-corrected chi connectivity index (χ2v) is 7.32. The van der Waals surface area contributed by atoms with Crippen molar-refractivity contribution in [2.75, 3.05) is 13.1 Å². The number of benzene rings is 1. The summed E-state index contributed by atoms with van der Waals surface area (Å²) in [4.78, 5) is 13.7. The second kappa shape index (κ2) is 7.47. The maximum absolute atomic E-state index is 13.3. The number of nitrogens with zero attached hydrogens (tertiary/aromatic N) is 1. The van der Waals surface area contributed by atoms with Gasteiger partial charge in [-0.15, -0.1) is 0 Å². The van der Waals surface area contributed by atoms with Gasteiger partial charge in [-0.3, -0.25) is 0 Å². The highest BCUT2D eigenvalue weighted by molar-refractivity contribution is 5.68. The molecule has 0 spiro atoms. The molecule has 6 heteroatoms. The van der Waals surface area contributed by atoms with Crippen LogP contribution in [0.2, 0.25) is 0 Å². The summed E-state index contributed by atoms with van der Waals surface area (Å²) in [5.74, 6) is -1.64. The first-order chi connectivity index (χ1) is 11.2. The van der Waals surface area contributed by atoms with Crippen molar-refractivity contribution in [3.8, 4) is 0 Å². The highest BCUT2D eigenvalue weighted by Crippen LogP contribution is 2.17. The molecule has 1 amide bonds. The van der Waals surface area contributed by atoms with E-state index in [0.717, 1.165) is 24.0 Å². The molecule has 1 heterocycles. The van der Waals surface area contributed by atoms with E-state index in [1.54, 1.807) is 11.8 Å². The third kappa shape index (κ3) is 5.16. The van der Waals surface area contributed by atoms with Gasteiger partial charge in [0.05, 0.1) is 0 Å². The molecule has 4 nitrogen and oxygen atoms in total. The molecule has 1 saturated heterocycles. The van der Waals surface area contributed by atoms with Crippen molar-refractivity contribution >= 4 is 6.09 Å². The first kappa shape index (κ1) is 18.6. The predicted octanol–water partition coefficient (Wildman–Crippen LogP) is 3.76. The van der Waals surface area contributed by atoms with E-state index in [-0.39, 0.29) is 12.1 Å². The molecular formula is C18H26F2N2O2. The second-order valence-electron chi connectivity index (χ2n) is 7.32. The van der Waals surface area contributed by atoms with Gasteiger partial charge in [-0.25, -0.2) is 13.6 Å². The number of piperidine rings is 1. The molecule has 24 heavy (non-hydrogen) atoms. The third-order valence-electron chi connectivity index (χ3n) is 4.11. The van der Waals surface area contributed by atoms with Crippen molar-refractivity contribution in [1.82, 2.24) is 10.2 Å². The molecule has 0 bridgehead atoms. The maximum atomic E-state index is 13.3. The molecule has 0 saturated carbocycles. The van der Waals surface area contributed by atoms with E-state index in [9.17, 15) is 13.6 Å². The fraction of sp³-hybridized carbons (Fsp3) is 0.611. The Morgan fingerprint density at radius 2 is 1.83 bits per heavy atom. The molecule has 0 atom stereocenters. The fourth-order valence-electron chi connectivity index (χ4n) is 2.72. The number of likely N-dealkylation sites (tertiary alicyclic amines) is 1. The van der Waals surface area contributed by atoms with Gasteiger partial charge >= 0.3 is 6.09 Å². The third-order valence-corrected chi connectivity index (χ3v) is 4.11. The van der Waals surface area contributed by atoms with E-state index in [2.05, 4.69) is 5.32 Å². The van der Waals surface area contributed by atoms with Crippen molar-refractivity contribution in [3.05, 3.63) is 34.9 Å². The quantitative estimate of drug-likeness (QED) is 0.911.